The molecule has 0 spiro atoms. The van der Waals surface area contributed by atoms with Gasteiger partial charge in [0.1, 0.15) is 57.0 Å². The Hall–Kier alpha value is -6.30. The van der Waals surface area contributed by atoms with E-state index in [1.165, 1.54) is 30.3 Å². The Morgan fingerprint density at radius 2 is 1.24 bits per heavy atom. The van der Waals surface area contributed by atoms with Crippen LogP contribution in [0.25, 0.3) is 0 Å². The van der Waals surface area contributed by atoms with E-state index in [1.807, 2.05) is 0 Å². The van der Waals surface area contributed by atoms with Crippen LogP contribution in [0.3, 0.4) is 0 Å². The largest absolute Gasteiger partial charge is 0.488 e. The van der Waals surface area contributed by atoms with Gasteiger partial charge in [-0.15, -0.1) is 0 Å². The van der Waals surface area contributed by atoms with Gasteiger partial charge in [-0.3, -0.25) is 29.3 Å². The standard InChI is InChI=1S/C31H31N3O15/c1-17-2-4-20(32(12-27(35)36)13-28(37)38)23(8-17)46-6-7-47-24-9-18(3-5-21(24)33(14-29(39)40)15-30(41)42)31(43)19-10-25-26(49-16-48-25)11-22(19)34(44)45/h2-5,8-11,31,43H,6-7,12-16H2,1H3,(H,35,36)(H,37,38)(H,39,40)(H,41,42)/t31-/m0/s1. The van der Waals surface area contributed by atoms with Crippen molar-refractivity contribution in [1.82, 2.24) is 0 Å². The number of benzene rings is 3. The van der Waals surface area contributed by atoms with Gasteiger partial charge in [-0.1, -0.05) is 12.1 Å². The van der Waals surface area contributed by atoms with Gasteiger partial charge in [0.05, 0.1) is 27.9 Å². The average Bonchev–Trinajstić information content (AvgIpc) is 3.48. The summed E-state index contributed by atoms with van der Waals surface area (Å²) < 4.78 is 22.2. The molecule has 18 heteroatoms. The molecule has 260 valence electrons. The van der Waals surface area contributed by atoms with Gasteiger partial charge < -0.3 is 54.3 Å². The third kappa shape index (κ3) is 9.16. The maximum Gasteiger partial charge on any atom is 0.323 e. The van der Waals surface area contributed by atoms with Gasteiger partial charge in [0.25, 0.3) is 5.69 Å². The minimum Gasteiger partial charge on any atom is -0.488 e. The van der Waals surface area contributed by atoms with Crippen molar-refractivity contribution in [3.8, 4) is 23.0 Å². The molecule has 0 bridgehead atoms. The summed E-state index contributed by atoms with van der Waals surface area (Å²) >= 11 is 0. The summed E-state index contributed by atoms with van der Waals surface area (Å²) in [6.07, 6.45) is -1.63. The zero-order chi connectivity index (χ0) is 35.8. The molecule has 4 rings (SSSR count). The molecular weight excluding hydrogens is 654 g/mol. The van der Waals surface area contributed by atoms with Crippen molar-refractivity contribution in [1.29, 1.82) is 0 Å². The quantitative estimate of drug-likeness (QED) is 0.0730. The Balaban J connectivity index is 1.65. The van der Waals surface area contributed by atoms with Crippen LogP contribution in [-0.2, 0) is 19.2 Å². The number of fused-ring (bicyclic) bond motifs is 1. The highest BCUT2D eigenvalue weighted by Crippen LogP contribution is 2.43. The van der Waals surface area contributed by atoms with Crippen LogP contribution in [0.4, 0.5) is 17.1 Å². The Kier molecular flexibility index (Phi) is 11.3. The number of anilines is 2. The van der Waals surface area contributed by atoms with Gasteiger partial charge in [-0.05, 0) is 48.4 Å². The summed E-state index contributed by atoms with van der Waals surface area (Å²) in [7, 11) is 0. The van der Waals surface area contributed by atoms with Crippen LogP contribution in [0.1, 0.15) is 22.8 Å². The van der Waals surface area contributed by atoms with Gasteiger partial charge in [0.2, 0.25) is 6.79 Å². The minimum atomic E-state index is -1.63. The topological polar surface area (TPSA) is 256 Å². The van der Waals surface area contributed by atoms with Crippen LogP contribution < -0.4 is 28.7 Å². The third-order valence-electron chi connectivity index (χ3n) is 7.01. The number of aryl methyl sites for hydroxylation is 1. The van der Waals surface area contributed by atoms with Crippen LogP contribution in [0, 0.1) is 17.0 Å². The van der Waals surface area contributed by atoms with Crippen molar-refractivity contribution >= 4 is 40.9 Å². The van der Waals surface area contributed by atoms with Crippen LogP contribution in [-0.4, -0.2) is 101 Å². The number of carboxylic acids is 4. The number of carbonyl (C=O) groups is 4. The van der Waals surface area contributed by atoms with E-state index in [9.17, 15) is 54.8 Å². The molecule has 0 saturated heterocycles. The maximum absolute atomic E-state index is 11.8. The number of nitrogens with zero attached hydrogens (tertiary/aromatic N) is 3. The van der Waals surface area contributed by atoms with E-state index < -0.39 is 66.8 Å². The van der Waals surface area contributed by atoms with E-state index in [1.54, 1.807) is 19.1 Å². The highest BCUT2D eigenvalue weighted by atomic mass is 16.7. The van der Waals surface area contributed by atoms with Crippen molar-refractivity contribution in [2.75, 3.05) is 56.0 Å². The van der Waals surface area contributed by atoms with Crippen molar-refractivity contribution in [3.63, 3.8) is 0 Å². The molecule has 1 heterocycles. The van der Waals surface area contributed by atoms with E-state index in [2.05, 4.69) is 0 Å². The molecule has 18 nitrogen and oxygen atoms in total. The molecule has 5 N–H and O–H groups in total. The molecule has 0 amide bonds. The molecule has 3 aromatic rings. The number of aliphatic carboxylic acids is 4. The molecule has 0 aliphatic carbocycles. The molecule has 1 aliphatic heterocycles. The SMILES string of the molecule is Cc1ccc(N(CC(=O)O)CC(=O)O)c(OCCOc2cc([C@H](O)c3cc4c(cc3[N+](=O)[O-])OCO4)ccc2N(CC(=O)O)CC(=O)O)c1. The summed E-state index contributed by atoms with van der Waals surface area (Å²) in [4.78, 5) is 59.2. The molecular formula is C31H31N3O15. The first kappa shape index (κ1) is 35.6. The normalized spacial score (nSPS) is 12.1. The lowest BCUT2D eigenvalue weighted by molar-refractivity contribution is -0.386. The Labute approximate surface area is 277 Å². The minimum absolute atomic E-state index is 0.00581. The Morgan fingerprint density at radius 3 is 1.73 bits per heavy atom. The fourth-order valence-corrected chi connectivity index (χ4v) is 4.99. The smallest absolute Gasteiger partial charge is 0.323 e. The van der Waals surface area contributed by atoms with E-state index in [0.717, 1.165) is 15.9 Å². The van der Waals surface area contributed by atoms with E-state index >= 15 is 0 Å². The summed E-state index contributed by atoms with van der Waals surface area (Å²) in [5, 5.41) is 60.6. The number of hydrogen-bond acceptors (Lipinski definition) is 13. The fraction of sp³-hybridized carbons (Fsp3) is 0.290. The zero-order valence-electron chi connectivity index (χ0n) is 25.8. The molecule has 3 aromatic carbocycles. The van der Waals surface area contributed by atoms with Crippen molar-refractivity contribution in [2.45, 2.75) is 13.0 Å². The molecule has 0 unspecified atom stereocenters. The van der Waals surface area contributed by atoms with Crippen molar-refractivity contribution in [3.05, 3.63) is 75.3 Å². The first-order valence-corrected chi connectivity index (χ1v) is 14.4. The number of carboxylic acid groups (broad SMARTS) is 4. The first-order chi connectivity index (χ1) is 23.2. The van der Waals surface area contributed by atoms with Crippen LogP contribution in [0.15, 0.2) is 48.5 Å². The molecule has 0 fully saturated rings. The van der Waals surface area contributed by atoms with Gasteiger partial charge in [-0.25, -0.2) is 0 Å². The number of nitro benzene ring substituents is 1. The number of aliphatic hydroxyl groups excluding tert-OH is 1. The highest BCUT2D eigenvalue weighted by molar-refractivity contribution is 5.82. The number of rotatable bonds is 18. The second kappa shape index (κ2) is 15.5. The predicted octanol–water partition coefficient (Wildman–Crippen LogP) is 2.12. The van der Waals surface area contributed by atoms with Gasteiger partial charge in [0.15, 0.2) is 11.5 Å². The van der Waals surface area contributed by atoms with E-state index in [-0.39, 0.29) is 65.5 Å². The lowest BCUT2D eigenvalue weighted by Crippen LogP contribution is -2.35. The summed E-state index contributed by atoms with van der Waals surface area (Å²) in [6.45, 7) is -1.69. The molecule has 0 aromatic heterocycles. The van der Waals surface area contributed by atoms with E-state index in [0.29, 0.717) is 5.56 Å². The zero-order valence-corrected chi connectivity index (χ0v) is 25.8. The molecule has 49 heavy (non-hydrogen) atoms. The lowest BCUT2D eigenvalue weighted by Gasteiger charge is -2.25. The van der Waals surface area contributed by atoms with E-state index in [4.69, 9.17) is 18.9 Å². The summed E-state index contributed by atoms with van der Waals surface area (Å²) in [6, 6.07) is 11.0. The van der Waals surface area contributed by atoms with Crippen LogP contribution in [0.5, 0.6) is 23.0 Å². The second-order valence-electron chi connectivity index (χ2n) is 10.6. The monoisotopic (exact) mass is 685 g/mol. The van der Waals surface area contributed by atoms with Gasteiger partial charge in [-0.2, -0.15) is 0 Å². The lowest BCUT2D eigenvalue weighted by atomic mass is 9.98. The molecule has 0 saturated carbocycles. The summed E-state index contributed by atoms with van der Waals surface area (Å²) in [5.74, 6) is -4.93. The fourth-order valence-electron chi connectivity index (χ4n) is 4.99. The number of aliphatic hydroxyl groups is 1. The first-order valence-electron chi connectivity index (χ1n) is 14.4. The van der Waals surface area contributed by atoms with Crippen molar-refractivity contribution in [2.24, 2.45) is 0 Å². The Morgan fingerprint density at radius 1 is 0.776 bits per heavy atom. The van der Waals surface area contributed by atoms with Crippen LogP contribution >= 0.6 is 0 Å². The Bertz CT molecular complexity index is 1730. The maximum atomic E-state index is 11.8. The molecule has 1 aliphatic rings. The number of ether oxygens (including phenoxy) is 4. The highest BCUT2D eigenvalue weighted by Gasteiger charge is 2.29. The molecule has 0 radical (unpaired) electrons. The van der Waals surface area contributed by atoms with Crippen molar-refractivity contribution < 1.29 is 68.6 Å². The van der Waals surface area contributed by atoms with Gasteiger partial charge >= 0.3 is 23.9 Å². The number of nitro groups is 1. The van der Waals surface area contributed by atoms with Crippen LogP contribution in [0.2, 0.25) is 0 Å². The average molecular weight is 686 g/mol. The predicted molar refractivity (Wildman–Crippen MR) is 167 cm³/mol. The summed E-state index contributed by atoms with van der Waals surface area (Å²) in [5.41, 5.74) is 0.343. The third-order valence-corrected chi connectivity index (χ3v) is 7.01. The second-order valence-corrected chi connectivity index (χ2v) is 10.6. The number of hydrogen-bond donors (Lipinski definition) is 5. The molecule has 1 atom stereocenters. The van der Waals surface area contributed by atoms with Gasteiger partial charge in [0, 0.05) is 0 Å².